The molecule has 0 aliphatic rings. The van der Waals surface area contributed by atoms with Gasteiger partial charge in [-0.25, -0.2) is 9.82 Å². The van der Waals surface area contributed by atoms with Crippen molar-refractivity contribution < 1.29 is 13.9 Å². The maximum atomic E-state index is 12.8. The molecule has 2 aromatic carbocycles. The van der Waals surface area contributed by atoms with Crippen LogP contribution in [0.5, 0.6) is 5.75 Å². The number of carbonyl (C=O) groups excluding carboxylic acids is 1. The number of hydrogen-bond donors (Lipinski definition) is 1. The summed E-state index contributed by atoms with van der Waals surface area (Å²) in [5, 5.41) is 4.07. The Bertz CT molecular complexity index is 664. The Kier molecular flexibility index (Phi) is 5.25. The average molecular weight is 300 g/mol. The lowest BCUT2D eigenvalue weighted by molar-refractivity contribution is -0.120. The number of nitrogens with one attached hydrogen (secondary N) is 1. The molecule has 0 aliphatic heterocycles. The van der Waals surface area contributed by atoms with E-state index in [1.807, 2.05) is 24.3 Å². The van der Waals surface area contributed by atoms with Crippen LogP contribution in [0.2, 0.25) is 0 Å². The molecular weight excluding hydrogens is 283 g/mol. The summed E-state index contributed by atoms with van der Waals surface area (Å²) in [6, 6.07) is 13.2. The van der Waals surface area contributed by atoms with Crippen LogP contribution in [0.1, 0.15) is 18.1 Å². The number of nitrogens with zero attached hydrogens (tertiary/aromatic N) is 1. The number of hydrazone groups is 1. The maximum absolute atomic E-state index is 12.8. The first-order chi connectivity index (χ1) is 10.6. The summed E-state index contributed by atoms with van der Waals surface area (Å²) in [6.45, 7) is 1.81. The minimum Gasteiger partial charge on any atom is -0.497 e. The van der Waals surface area contributed by atoms with E-state index in [9.17, 15) is 9.18 Å². The Balaban J connectivity index is 1.94. The van der Waals surface area contributed by atoms with Crippen LogP contribution in [0.15, 0.2) is 53.6 Å². The molecule has 22 heavy (non-hydrogen) atoms. The second-order valence-electron chi connectivity index (χ2n) is 4.76. The Hall–Kier alpha value is -2.69. The highest BCUT2D eigenvalue weighted by Gasteiger charge is 2.04. The fourth-order valence-electron chi connectivity index (χ4n) is 1.87. The van der Waals surface area contributed by atoms with E-state index < -0.39 is 0 Å². The molecule has 0 aromatic heterocycles. The van der Waals surface area contributed by atoms with E-state index in [0.717, 1.165) is 16.9 Å². The van der Waals surface area contributed by atoms with Crippen LogP contribution < -0.4 is 10.2 Å². The van der Waals surface area contributed by atoms with Gasteiger partial charge in [-0.2, -0.15) is 5.10 Å². The van der Waals surface area contributed by atoms with Gasteiger partial charge in [-0.15, -0.1) is 0 Å². The van der Waals surface area contributed by atoms with Crippen LogP contribution in [-0.2, 0) is 11.2 Å². The van der Waals surface area contributed by atoms with E-state index in [1.54, 1.807) is 26.2 Å². The molecule has 0 bridgehead atoms. The van der Waals surface area contributed by atoms with Gasteiger partial charge in [0.2, 0.25) is 5.91 Å². The number of methoxy groups -OCH3 is 1. The lowest BCUT2D eigenvalue weighted by Gasteiger charge is -2.04. The van der Waals surface area contributed by atoms with Crippen molar-refractivity contribution in [3.05, 3.63) is 65.5 Å². The van der Waals surface area contributed by atoms with Gasteiger partial charge in [0.1, 0.15) is 11.6 Å². The monoisotopic (exact) mass is 300 g/mol. The number of carbonyl (C=O) groups is 1. The van der Waals surface area contributed by atoms with Crippen molar-refractivity contribution in [1.82, 2.24) is 5.43 Å². The molecule has 0 aliphatic carbocycles. The third kappa shape index (κ3) is 4.41. The molecule has 0 saturated carbocycles. The molecule has 0 spiro atoms. The molecule has 5 heteroatoms. The molecule has 1 N–H and O–H groups in total. The van der Waals surface area contributed by atoms with Gasteiger partial charge in [0.15, 0.2) is 0 Å². The molecule has 0 fully saturated rings. The van der Waals surface area contributed by atoms with Gasteiger partial charge < -0.3 is 4.74 Å². The second kappa shape index (κ2) is 7.36. The molecule has 0 heterocycles. The van der Waals surface area contributed by atoms with E-state index in [1.165, 1.54) is 12.1 Å². The summed E-state index contributed by atoms with van der Waals surface area (Å²) in [4.78, 5) is 11.8. The summed E-state index contributed by atoms with van der Waals surface area (Å²) in [5.41, 5.74) is 4.81. The molecule has 1 amide bonds. The molecule has 0 atom stereocenters. The Labute approximate surface area is 128 Å². The van der Waals surface area contributed by atoms with Crippen molar-refractivity contribution in [3.63, 3.8) is 0 Å². The smallest absolute Gasteiger partial charge is 0.244 e. The van der Waals surface area contributed by atoms with Gasteiger partial charge in [0.05, 0.1) is 19.2 Å². The molecular formula is C17H17FN2O2. The molecule has 0 saturated heterocycles. The van der Waals surface area contributed by atoms with E-state index in [2.05, 4.69) is 10.5 Å². The van der Waals surface area contributed by atoms with Crippen LogP contribution in [0, 0.1) is 5.82 Å². The van der Waals surface area contributed by atoms with Crippen LogP contribution in [-0.4, -0.2) is 18.7 Å². The SMILES string of the molecule is COc1ccc(/C(C)=N/NC(=O)Cc2ccc(F)cc2)cc1. The number of ether oxygens (including phenoxy) is 1. The minimum atomic E-state index is -0.322. The van der Waals surface area contributed by atoms with Crippen molar-refractivity contribution in [2.45, 2.75) is 13.3 Å². The van der Waals surface area contributed by atoms with Crippen LogP contribution in [0.25, 0.3) is 0 Å². The zero-order valence-electron chi connectivity index (χ0n) is 12.5. The van der Waals surface area contributed by atoms with E-state index in [4.69, 9.17) is 4.74 Å². The first-order valence-electron chi connectivity index (χ1n) is 6.80. The van der Waals surface area contributed by atoms with Gasteiger partial charge in [0.25, 0.3) is 0 Å². The maximum Gasteiger partial charge on any atom is 0.244 e. The topological polar surface area (TPSA) is 50.7 Å². The van der Waals surface area contributed by atoms with E-state index in [0.29, 0.717) is 5.71 Å². The highest BCUT2D eigenvalue weighted by Crippen LogP contribution is 2.11. The van der Waals surface area contributed by atoms with Crippen molar-refractivity contribution in [2.24, 2.45) is 5.10 Å². The highest BCUT2D eigenvalue weighted by atomic mass is 19.1. The summed E-state index contributed by atoms with van der Waals surface area (Å²) in [6.07, 6.45) is 0.152. The molecule has 2 aromatic rings. The summed E-state index contributed by atoms with van der Waals surface area (Å²) >= 11 is 0. The van der Waals surface area contributed by atoms with Crippen molar-refractivity contribution in [3.8, 4) is 5.75 Å². The second-order valence-corrected chi connectivity index (χ2v) is 4.76. The lowest BCUT2D eigenvalue weighted by atomic mass is 10.1. The van der Waals surface area contributed by atoms with Crippen LogP contribution in [0.3, 0.4) is 0 Å². The summed E-state index contributed by atoms with van der Waals surface area (Å²) < 4.78 is 17.9. The van der Waals surface area contributed by atoms with Gasteiger partial charge in [0, 0.05) is 0 Å². The van der Waals surface area contributed by atoms with Crippen molar-refractivity contribution >= 4 is 11.6 Å². The number of halogens is 1. The predicted octanol–water partition coefficient (Wildman–Crippen LogP) is 2.92. The Morgan fingerprint density at radius 2 is 1.77 bits per heavy atom. The first-order valence-corrected chi connectivity index (χ1v) is 6.80. The largest absolute Gasteiger partial charge is 0.497 e. The number of amides is 1. The van der Waals surface area contributed by atoms with Gasteiger partial charge >= 0.3 is 0 Å². The van der Waals surface area contributed by atoms with Crippen molar-refractivity contribution in [1.29, 1.82) is 0 Å². The summed E-state index contributed by atoms with van der Waals surface area (Å²) in [7, 11) is 1.60. The molecule has 0 radical (unpaired) electrons. The fourth-order valence-corrected chi connectivity index (χ4v) is 1.87. The number of rotatable bonds is 5. The van der Waals surface area contributed by atoms with Crippen LogP contribution in [0.4, 0.5) is 4.39 Å². The predicted molar refractivity (Wildman–Crippen MR) is 83.5 cm³/mol. The highest BCUT2D eigenvalue weighted by molar-refractivity contribution is 5.99. The summed E-state index contributed by atoms with van der Waals surface area (Å²) in [5.74, 6) is 0.189. The van der Waals surface area contributed by atoms with Gasteiger partial charge in [-0.3, -0.25) is 4.79 Å². The Morgan fingerprint density at radius 1 is 1.14 bits per heavy atom. The quantitative estimate of drug-likeness (QED) is 0.682. The number of hydrogen-bond acceptors (Lipinski definition) is 3. The lowest BCUT2D eigenvalue weighted by Crippen LogP contribution is -2.21. The normalized spacial score (nSPS) is 11.1. The number of benzene rings is 2. The zero-order chi connectivity index (χ0) is 15.9. The van der Waals surface area contributed by atoms with Gasteiger partial charge in [-0.1, -0.05) is 12.1 Å². The first kappa shape index (κ1) is 15.7. The molecule has 4 nitrogen and oxygen atoms in total. The molecule has 2 rings (SSSR count). The minimum absolute atomic E-state index is 0.152. The van der Waals surface area contributed by atoms with E-state index >= 15 is 0 Å². The zero-order valence-corrected chi connectivity index (χ0v) is 12.5. The molecule has 114 valence electrons. The van der Waals surface area contributed by atoms with Crippen LogP contribution >= 0.6 is 0 Å². The van der Waals surface area contributed by atoms with E-state index in [-0.39, 0.29) is 18.1 Å². The third-order valence-corrected chi connectivity index (χ3v) is 3.13. The molecule has 0 unspecified atom stereocenters. The fraction of sp³-hybridized carbons (Fsp3) is 0.176. The van der Waals surface area contributed by atoms with Gasteiger partial charge in [-0.05, 0) is 54.4 Å². The van der Waals surface area contributed by atoms with Crippen molar-refractivity contribution in [2.75, 3.05) is 7.11 Å². The standard InChI is InChI=1S/C17H17FN2O2/c1-12(14-5-9-16(22-2)10-6-14)19-20-17(21)11-13-3-7-15(18)8-4-13/h3-10H,11H2,1-2H3,(H,20,21)/b19-12+. The Morgan fingerprint density at radius 3 is 2.36 bits per heavy atom. The third-order valence-electron chi connectivity index (χ3n) is 3.13. The average Bonchev–Trinajstić information content (AvgIpc) is 2.55.